The van der Waals surface area contributed by atoms with Gasteiger partial charge in [0.25, 0.3) is 0 Å². The number of ether oxygens (including phenoxy) is 1. The van der Waals surface area contributed by atoms with Crippen LogP contribution in [-0.4, -0.2) is 48.7 Å². The van der Waals surface area contributed by atoms with Crippen molar-refractivity contribution in [3.63, 3.8) is 0 Å². The third kappa shape index (κ3) is 4.22. The van der Waals surface area contributed by atoms with Crippen LogP contribution in [0.15, 0.2) is 30.3 Å². The Morgan fingerprint density at radius 3 is 2.52 bits per heavy atom. The molecule has 1 aliphatic carbocycles. The van der Waals surface area contributed by atoms with Crippen molar-refractivity contribution in [2.45, 2.75) is 56.7 Å². The first-order valence-corrected chi connectivity index (χ1v) is 9.54. The average Bonchev–Trinajstić information content (AvgIpc) is 3.14. The first-order chi connectivity index (χ1) is 12.1. The molecule has 2 unspecified atom stereocenters. The summed E-state index contributed by atoms with van der Waals surface area (Å²) in [5, 5.41) is 3.26. The molecule has 0 spiro atoms. The summed E-state index contributed by atoms with van der Waals surface area (Å²) in [4.78, 5) is 15.1. The van der Waals surface area contributed by atoms with E-state index in [-0.39, 0.29) is 23.5 Å². The molecule has 138 valence electrons. The number of nitrogens with zero attached hydrogens (tertiary/aromatic N) is 1. The molecule has 5 nitrogen and oxygen atoms in total. The van der Waals surface area contributed by atoms with E-state index in [2.05, 4.69) is 17.1 Å². The van der Waals surface area contributed by atoms with Gasteiger partial charge < -0.3 is 15.8 Å². The second-order valence-corrected chi connectivity index (χ2v) is 7.42. The number of morpholine rings is 1. The molecular weight excluding hydrogens is 314 g/mol. The Morgan fingerprint density at radius 2 is 1.88 bits per heavy atom. The fourth-order valence-corrected chi connectivity index (χ4v) is 4.47. The standard InChI is InChI=1S/C20H31N3O2/c1-16(20(9-5-6-10-20)23-11-13-25-14-12-23)22-19(24)15-18(21)17-7-3-2-4-8-17/h2-4,7-8,16,18H,5-6,9-15,21H2,1H3,(H,22,24). The van der Waals surface area contributed by atoms with E-state index in [1.54, 1.807) is 0 Å². The minimum atomic E-state index is -0.253. The van der Waals surface area contributed by atoms with Crippen molar-refractivity contribution in [2.24, 2.45) is 5.73 Å². The summed E-state index contributed by atoms with van der Waals surface area (Å²) in [6, 6.07) is 9.72. The Balaban J connectivity index is 1.61. The fourth-order valence-electron chi connectivity index (χ4n) is 4.47. The lowest BCUT2D eigenvalue weighted by atomic mass is 9.86. The highest BCUT2D eigenvalue weighted by Gasteiger charge is 2.44. The van der Waals surface area contributed by atoms with Crippen molar-refractivity contribution in [3.05, 3.63) is 35.9 Å². The lowest BCUT2D eigenvalue weighted by Gasteiger charge is -2.47. The van der Waals surface area contributed by atoms with Gasteiger partial charge in [-0.2, -0.15) is 0 Å². The first kappa shape index (κ1) is 18.4. The Hall–Kier alpha value is -1.43. The molecule has 2 atom stereocenters. The second-order valence-electron chi connectivity index (χ2n) is 7.42. The summed E-state index contributed by atoms with van der Waals surface area (Å²) >= 11 is 0. The molecule has 2 aliphatic rings. The summed E-state index contributed by atoms with van der Waals surface area (Å²) < 4.78 is 5.52. The monoisotopic (exact) mass is 345 g/mol. The number of nitrogens with two attached hydrogens (primary N) is 1. The number of hydrogen-bond acceptors (Lipinski definition) is 4. The van der Waals surface area contributed by atoms with Crippen LogP contribution in [0, 0.1) is 0 Å². The third-order valence-electron chi connectivity index (χ3n) is 5.93. The highest BCUT2D eigenvalue weighted by atomic mass is 16.5. The number of hydrogen-bond donors (Lipinski definition) is 2. The average molecular weight is 345 g/mol. The molecule has 0 bridgehead atoms. The molecular formula is C20H31N3O2. The van der Waals surface area contributed by atoms with Crippen molar-refractivity contribution < 1.29 is 9.53 Å². The van der Waals surface area contributed by atoms with E-state index in [9.17, 15) is 4.79 Å². The van der Waals surface area contributed by atoms with Gasteiger partial charge in [-0.15, -0.1) is 0 Å². The van der Waals surface area contributed by atoms with Gasteiger partial charge >= 0.3 is 0 Å². The lowest BCUT2D eigenvalue weighted by Crippen LogP contribution is -2.62. The minimum Gasteiger partial charge on any atom is -0.379 e. The van der Waals surface area contributed by atoms with Crippen molar-refractivity contribution in [1.29, 1.82) is 0 Å². The Bertz CT molecular complexity index is 551. The Kier molecular flexibility index (Phi) is 6.10. The van der Waals surface area contributed by atoms with Crippen molar-refractivity contribution in [1.82, 2.24) is 10.2 Å². The smallest absolute Gasteiger partial charge is 0.222 e. The van der Waals surface area contributed by atoms with Gasteiger partial charge in [-0.3, -0.25) is 9.69 Å². The van der Waals surface area contributed by atoms with Crippen molar-refractivity contribution >= 4 is 5.91 Å². The lowest BCUT2D eigenvalue weighted by molar-refractivity contribution is -0.123. The van der Waals surface area contributed by atoms with Gasteiger partial charge in [-0.1, -0.05) is 43.2 Å². The number of benzene rings is 1. The van der Waals surface area contributed by atoms with Gasteiger partial charge in [-0.05, 0) is 25.3 Å². The predicted molar refractivity (Wildman–Crippen MR) is 99.2 cm³/mol. The predicted octanol–water partition coefficient (Wildman–Crippen LogP) is 2.23. The molecule has 0 radical (unpaired) electrons. The van der Waals surface area contributed by atoms with E-state index in [0.717, 1.165) is 44.7 Å². The molecule has 5 heteroatoms. The van der Waals surface area contributed by atoms with Crippen molar-refractivity contribution in [2.75, 3.05) is 26.3 Å². The zero-order valence-electron chi connectivity index (χ0n) is 15.2. The highest BCUT2D eigenvalue weighted by molar-refractivity contribution is 5.77. The highest BCUT2D eigenvalue weighted by Crippen LogP contribution is 2.38. The van der Waals surface area contributed by atoms with E-state index in [1.807, 2.05) is 30.3 Å². The molecule has 1 aliphatic heterocycles. The van der Waals surface area contributed by atoms with Crippen LogP contribution >= 0.6 is 0 Å². The summed E-state index contributed by atoms with van der Waals surface area (Å²) in [6.07, 6.45) is 5.11. The van der Waals surface area contributed by atoms with E-state index < -0.39 is 0 Å². The number of carbonyl (C=O) groups excluding carboxylic acids is 1. The maximum atomic E-state index is 12.6. The fraction of sp³-hybridized carbons (Fsp3) is 0.650. The molecule has 0 aromatic heterocycles. The first-order valence-electron chi connectivity index (χ1n) is 9.54. The molecule has 1 saturated heterocycles. The SMILES string of the molecule is CC(NC(=O)CC(N)c1ccccc1)C1(N2CCOCC2)CCCC1. The van der Waals surface area contributed by atoms with Gasteiger partial charge in [0.2, 0.25) is 5.91 Å². The van der Waals surface area contributed by atoms with E-state index in [4.69, 9.17) is 10.5 Å². The normalized spacial score (nSPS) is 23.1. The molecule has 3 rings (SSSR count). The van der Waals surface area contributed by atoms with Gasteiger partial charge in [0, 0.05) is 37.1 Å². The zero-order valence-corrected chi connectivity index (χ0v) is 15.2. The molecule has 1 aromatic rings. The molecule has 1 heterocycles. The van der Waals surface area contributed by atoms with Gasteiger partial charge in [-0.25, -0.2) is 0 Å². The Morgan fingerprint density at radius 1 is 1.24 bits per heavy atom. The maximum Gasteiger partial charge on any atom is 0.222 e. The number of nitrogens with one attached hydrogen (secondary N) is 1. The van der Waals surface area contributed by atoms with Crippen LogP contribution in [0.25, 0.3) is 0 Å². The van der Waals surface area contributed by atoms with Crippen molar-refractivity contribution in [3.8, 4) is 0 Å². The van der Waals surface area contributed by atoms with Gasteiger partial charge in [0.15, 0.2) is 0 Å². The molecule has 25 heavy (non-hydrogen) atoms. The molecule has 1 aromatic carbocycles. The number of amides is 1. The molecule has 3 N–H and O–H groups in total. The van der Waals surface area contributed by atoms with Crippen LogP contribution in [0.3, 0.4) is 0 Å². The van der Waals surface area contributed by atoms with Crippen LogP contribution in [0.1, 0.15) is 50.6 Å². The summed E-state index contributed by atoms with van der Waals surface area (Å²) in [5.41, 5.74) is 7.30. The van der Waals surface area contributed by atoms with Crippen LogP contribution in [0.4, 0.5) is 0 Å². The largest absolute Gasteiger partial charge is 0.379 e. The maximum absolute atomic E-state index is 12.6. The molecule has 2 fully saturated rings. The topological polar surface area (TPSA) is 67.6 Å². The van der Waals surface area contributed by atoms with E-state index in [1.165, 1.54) is 12.8 Å². The third-order valence-corrected chi connectivity index (χ3v) is 5.93. The molecule has 1 amide bonds. The quantitative estimate of drug-likeness (QED) is 0.830. The van der Waals surface area contributed by atoms with Gasteiger partial charge in [0.05, 0.1) is 13.2 Å². The summed E-state index contributed by atoms with van der Waals surface area (Å²) in [7, 11) is 0. The van der Waals surface area contributed by atoms with E-state index in [0.29, 0.717) is 6.42 Å². The molecule has 1 saturated carbocycles. The van der Waals surface area contributed by atoms with Crippen LogP contribution in [0.2, 0.25) is 0 Å². The minimum absolute atomic E-state index is 0.0448. The summed E-state index contributed by atoms with van der Waals surface area (Å²) in [6.45, 7) is 5.67. The van der Waals surface area contributed by atoms with Crippen LogP contribution in [0.5, 0.6) is 0 Å². The Labute approximate surface area is 150 Å². The van der Waals surface area contributed by atoms with Gasteiger partial charge in [0.1, 0.15) is 0 Å². The summed E-state index contributed by atoms with van der Waals surface area (Å²) in [5.74, 6) is 0.0448. The number of rotatable bonds is 6. The van der Waals surface area contributed by atoms with Crippen LogP contribution < -0.4 is 11.1 Å². The van der Waals surface area contributed by atoms with Crippen LogP contribution in [-0.2, 0) is 9.53 Å². The number of carbonyl (C=O) groups is 1. The zero-order chi connectivity index (χ0) is 17.7. The van der Waals surface area contributed by atoms with E-state index >= 15 is 0 Å². The second kappa shape index (κ2) is 8.30.